The molecule has 3 rings (SSSR count). The second-order valence-electron chi connectivity index (χ2n) is 5.80. The van der Waals surface area contributed by atoms with Crippen molar-refractivity contribution in [2.75, 3.05) is 20.2 Å². The SMILES string of the molecule is COc1ccc2c(c1)C(N1CCC(N)(C(=O)O)C1)CC2. The van der Waals surface area contributed by atoms with E-state index < -0.39 is 11.5 Å². The van der Waals surface area contributed by atoms with Crippen LogP contribution in [0.25, 0.3) is 0 Å². The van der Waals surface area contributed by atoms with Crippen LogP contribution in [-0.2, 0) is 11.2 Å². The number of fused-ring (bicyclic) bond motifs is 1. The van der Waals surface area contributed by atoms with Gasteiger partial charge in [-0.3, -0.25) is 9.69 Å². The molecule has 0 saturated carbocycles. The first-order chi connectivity index (χ1) is 9.53. The third-order valence-electron chi connectivity index (χ3n) is 4.60. The van der Waals surface area contributed by atoms with E-state index in [1.54, 1.807) is 7.11 Å². The van der Waals surface area contributed by atoms with E-state index in [-0.39, 0.29) is 6.04 Å². The highest BCUT2D eigenvalue weighted by molar-refractivity contribution is 5.79. The van der Waals surface area contributed by atoms with Crippen LogP contribution in [0.4, 0.5) is 0 Å². The minimum absolute atomic E-state index is 0.268. The first-order valence-corrected chi connectivity index (χ1v) is 6.97. The molecule has 5 heteroatoms. The standard InChI is InChI=1S/C15H20N2O3/c1-20-11-4-2-10-3-5-13(12(10)8-11)17-7-6-15(16,9-17)14(18)19/h2,4,8,13H,3,5-7,9,16H2,1H3,(H,18,19). The number of rotatable bonds is 3. The first-order valence-electron chi connectivity index (χ1n) is 6.97. The number of hydrogen-bond acceptors (Lipinski definition) is 4. The van der Waals surface area contributed by atoms with Crippen molar-refractivity contribution in [2.24, 2.45) is 5.73 Å². The third kappa shape index (κ3) is 2.07. The molecular weight excluding hydrogens is 256 g/mol. The molecule has 1 saturated heterocycles. The number of carboxylic acid groups (broad SMARTS) is 1. The van der Waals surface area contributed by atoms with Crippen LogP contribution >= 0.6 is 0 Å². The Morgan fingerprint density at radius 1 is 1.55 bits per heavy atom. The Morgan fingerprint density at radius 3 is 3.00 bits per heavy atom. The largest absolute Gasteiger partial charge is 0.497 e. The summed E-state index contributed by atoms with van der Waals surface area (Å²) < 4.78 is 5.29. The van der Waals surface area contributed by atoms with Crippen LogP contribution in [0, 0.1) is 0 Å². The second-order valence-corrected chi connectivity index (χ2v) is 5.80. The molecule has 0 bridgehead atoms. The Bertz CT molecular complexity index is 546. The molecule has 20 heavy (non-hydrogen) atoms. The van der Waals surface area contributed by atoms with Crippen LogP contribution < -0.4 is 10.5 Å². The van der Waals surface area contributed by atoms with Crippen molar-refractivity contribution in [3.8, 4) is 5.75 Å². The molecule has 2 aliphatic rings. The maximum Gasteiger partial charge on any atom is 0.325 e. The fourth-order valence-corrected chi connectivity index (χ4v) is 3.37. The van der Waals surface area contributed by atoms with Gasteiger partial charge in [0, 0.05) is 19.1 Å². The lowest BCUT2D eigenvalue weighted by atomic mass is 10.0. The molecule has 0 radical (unpaired) electrons. The first kappa shape index (κ1) is 13.4. The Hall–Kier alpha value is -1.59. The van der Waals surface area contributed by atoms with E-state index in [1.807, 2.05) is 6.07 Å². The monoisotopic (exact) mass is 276 g/mol. The zero-order valence-electron chi connectivity index (χ0n) is 11.6. The summed E-state index contributed by atoms with van der Waals surface area (Å²) in [6, 6.07) is 6.43. The summed E-state index contributed by atoms with van der Waals surface area (Å²) in [5.74, 6) is -0.0454. The van der Waals surface area contributed by atoms with Crippen LogP contribution in [0.3, 0.4) is 0 Å². The zero-order valence-corrected chi connectivity index (χ0v) is 11.6. The molecule has 1 aliphatic carbocycles. The Morgan fingerprint density at radius 2 is 2.35 bits per heavy atom. The van der Waals surface area contributed by atoms with Crippen molar-refractivity contribution in [2.45, 2.75) is 30.8 Å². The average Bonchev–Trinajstić information content (AvgIpc) is 3.02. The molecule has 3 N–H and O–H groups in total. The van der Waals surface area contributed by atoms with Crippen LogP contribution in [0.1, 0.15) is 30.0 Å². The Balaban J connectivity index is 1.83. The summed E-state index contributed by atoms with van der Waals surface area (Å²) in [7, 11) is 1.66. The van der Waals surface area contributed by atoms with Crippen LogP contribution in [-0.4, -0.2) is 41.7 Å². The van der Waals surface area contributed by atoms with Gasteiger partial charge in [0.25, 0.3) is 0 Å². The predicted molar refractivity (Wildman–Crippen MR) is 74.8 cm³/mol. The topological polar surface area (TPSA) is 75.8 Å². The number of carboxylic acids is 1. The van der Waals surface area contributed by atoms with Gasteiger partial charge < -0.3 is 15.6 Å². The van der Waals surface area contributed by atoms with Gasteiger partial charge >= 0.3 is 5.97 Å². The van der Waals surface area contributed by atoms with Crippen LogP contribution in [0.5, 0.6) is 5.75 Å². The molecule has 108 valence electrons. The molecule has 1 heterocycles. The van der Waals surface area contributed by atoms with E-state index in [9.17, 15) is 9.90 Å². The highest BCUT2D eigenvalue weighted by Gasteiger charge is 2.44. The number of nitrogens with two attached hydrogens (primary N) is 1. The van der Waals surface area contributed by atoms with Gasteiger partial charge in [0.1, 0.15) is 11.3 Å². The van der Waals surface area contributed by atoms with Gasteiger partial charge in [-0.15, -0.1) is 0 Å². The molecule has 1 aromatic rings. The van der Waals surface area contributed by atoms with Crippen molar-refractivity contribution in [1.29, 1.82) is 0 Å². The normalized spacial score (nSPS) is 29.4. The number of benzene rings is 1. The van der Waals surface area contributed by atoms with Gasteiger partial charge in [-0.2, -0.15) is 0 Å². The summed E-state index contributed by atoms with van der Waals surface area (Å²) in [5.41, 5.74) is 7.47. The number of aryl methyl sites for hydroxylation is 1. The van der Waals surface area contributed by atoms with Crippen LogP contribution in [0.2, 0.25) is 0 Å². The van der Waals surface area contributed by atoms with Gasteiger partial charge in [-0.05, 0) is 42.5 Å². The minimum Gasteiger partial charge on any atom is -0.497 e. The van der Waals surface area contributed by atoms with E-state index in [1.165, 1.54) is 11.1 Å². The van der Waals surface area contributed by atoms with Crippen molar-refractivity contribution < 1.29 is 14.6 Å². The van der Waals surface area contributed by atoms with Gasteiger partial charge in [0.05, 0.1) is 7.11 Å². The Labute approximate surface area is 118 Å². The highest BCUT2D eigenvalue weighted by Crippen LogP contribution is 2.40. The lowest BCUT2D eigenvalue weighted by molar-refractivity contribution is -0.142. The zero-order chi connectivity index (χ0) is 14.3. The smallest absolute Gasteiger partial charge is 0.325 e. The second kappa shape index (κ2) is 4.75. The van der Waals surface area contributed by atoms with Gasteiger partial charge in [-0.25, -0.2) is 0 Å². The number of likely N-dealkylation sites (tertiary alicyclic amines) is 1. The lowest BCUT2D eigenvalue weighted by Crippen LogP contribution is -2.50. The number of aliphatic carboxylic acids is 1. The van der Waals surface area contributed by atoms with Crippen molar-refractivity contribution in [1.82, 2.24) is 4.90 Å². The molecule has 0 aromatic heterocycles. The van der Waals surface area contributed by atoms with Gasteiger partial charge in [0.2, 0.25) is 0 Å². The number of carbonyl (C=O) groups is 1. The minimum atomic E-state index is -1.10. The highest BCUT2D eigenvalue weighted by atomic mass is 16.5. The lowest BCUT2D eigenvalue weighted by Gasteiger charge is -2.26. The summed E-state index contributed by atoms with van der Waals surface area (Å²) in [4.78, 5) is 13.5. The molecule has 1 aromatic carbocycles. The van der Waals surface area contributed by atoms with E-state index in [0.29, 0.717) is 13.0 Å². The quantitative estimate of drug-likeness (QED) is 0.866. The maximum absolute atomic E-state index is 11.3. The number of ether oxygens (including phenoxy) is 1. The predicted octanol–water partition coefficient (Wildman–Crippen LogP) is 1.17. The van der Waals surface area contributed by atoms with E-state index >= 15 is 0 Å². The summed E-state index contributed by atoms with van der Waals surface area (Å²) in [5, 5.41) is 9.24. The average molecular weight is 276 g/mol. The summed E-state index contributed by atoms with van der Waals surface area (Å²) in [6.45, 7) is 1.16. The molecule has 2 atom stereocenters. The molecule has 0 amide bonds. The fraction of sp³-hybridized carbons (Fsp3) is 0.533. The molecule has 5 nitrogen and oxygen atoms in total. The number of methoxy groups -OCH3 is 1. The van der Waals surface area contributed by atoms with Crippen molar-refractivity contribution in [3.63, 3.8) is 0 Å². The third-order valence-corrected chi connectivity index (χ3v) is 4.60. The van der Waals surface area contributed by atoms with E-state index in [2.05, 4.69) is 17.0 Å². The van der Waals surface area contributed by atoms with Gasteiger partial charge in [-0.1, -0.05) is 6.07 Å². The van der Waals surface area contributed by atoms with E-state index in [4.69, 9.17) is 10.5 Å². The van der Waals surface area contributed by atoms with Crippen molar-refractivity contribution >= 4 is 5.97 Å². The molecular formula is C15H20N2O3. The number of hydrogen-bond donors (Lipinski definition) is 2. The van der Waals surface area contributed by atoms with Gasteiger partial charge in [0.15, 0.2) is 0 Å². The molecule has 0 spiro atoms. The molecule has 1 aliphatic heterocycles. The maximum atomic E-state index is 11.3. The molecule has 1 fully saturated rings. The summed E-state index contributed by atoms with van der Waals surface area (Å²) in [6.07, 6.45) is 2.57. The van der Waals surface area contributed by atoms with E-state index in [0.717, 1.165) is 25.1 Å². The Kier molecular flexibility index (Phi) is 3.18. The fourth-order valence-electron chi connectivity index (χ4n) is 3.37. The van der Waals surface area contributed by atoms with Crippen molar-refractivity contribution in [3.05, 3.63) is 29.3 Å². The number of nitrogens with zero attached hydrogens (tertiary/aromatic N) is 1. The molecule has 2 unspecified atom stereocenters. The summed E-state index contributed by atoms with van der Waals surface area (Å²) >= 11 is 0. The van der Waals surface area contributed by atoms with Crippen LogP contribution in [0.15, 0.2) is 18.2 Å².